The van der Waals surface area contributed by atoms with Gasteiger partial charge in [-0.3, -0.25) is 4.90 Å². The van der Waals surface area contributed by atoms with Crippen LogP contribution in [0.3, 0.4) is 0 Å². The molecule has 0 amide bonds. The Morgan fingerprint density at radius 2 is 1.53 bits per heavy atom. The zero-order valence-corrected chi connectivity index (χ0v) is 11.0. The van der Waals surface area contributed by atoms with Gasteiger partial charge in [0, 0.05) is 26.2 Å². The minimum absolute atomic E-state index is 0.919. The lowest BCUT2D eigenvalue weighted by Crippen LogP contribution is -2.38. The summed E-state index contributed by atoms with van der Waals surface area (Å²) in [6.07, 6.45) is 4.06. The molecule has 1 N–H and O–H groups in total. The fraction of sp³-hybridized carbons (Fsp3) is 1.00. The van der Waals surface area contributed by atoms with E-state index in [4.69, 9.17) is 4.74 Å². The van der Waals surface area contributed by atoms with Crippen molar-refractivity contribution >= 4 is 0 Å². The van der Waals surface area contributed by atoms with Crippen LogP contribution in [0, 0.1) is 0 Å². The van der Waals surface area contributed by atoms with Crippen molar-refractivity contribution < 1.29 is 4.74 Å². The molecule has 2 saturated heterocycles. The molecule has 0 spiro atoms. The van der Waals surface area contributed by atoms with E-state index in [9.17, 15) is 0 Å². The van der Waals surface area contributed by atoms with Crippen molar-refractivity contribution in [2.45, 2.75) is 19.3 Å². The summed E-state index contributed by atoms with van der Waals surface area (Å²) in [4.78, 5) is 5.07. The third-order valence-electron chi connectivity index (χ3n) is 3.74. The lowest BCUT2D eigenvalue weighted by molar-refractivity contribution is 0.0374. The predicted molar refractivity (Wildman–Crippen MR) is 70.4 cm³/mol. The fourth-order valence-corrected chi connectivity index (χ4v) is 2.62. The molecule has 2 rings (SSSR count). The summed E-state index contributed by atoms with van der Waals surface area (Å²) in [5.74, 6) is 0. The maximum atomic E-state index is 5.34. The molecule has 4 nitrogen and oxygen atoms in total. The highest BCUT2D eigenvalue weighted by molar-refractivity contribution is 4.67. The van der Waals surface area contributed by atoms with Gasteiger partial charge in [0.2, 0.25) is 0 Å². The molecule has 0 bridgehead atoms. The van der Waals surface area contributed by atoms with E-state index >= 15 is 0 Å². The van der Waals surface area contributed by atoms with E-state index in [0.29, 0.717) is 0 Å². The molecular weight excluding hydrogens is 214 g/mol. The lowest BCUT2D eigenvalue weighted by Gasteiger charge is -2.26. The van der Waals surface area contributed by atoms with Crippen LogP contribution in [0.4, 0.5) is 0 Å². The quantitative estimate of drug-likeness (QED) is 0.653. The second-order valence-corrected chi connectivity index (χ2v) is 5.11. The van der Waals surface area contributed by atoms with Crippen LogP contribution in [0.15, 0.2) is 0 Å². The van der Waals surface area contributed by atoms with Gasteiger partial charge >= 0.3 is 0 Å². The number of hydrogen-bond acceptors (Lipinski definition) is 4. The standard InChI is InChI=1S/C13H27N3O/c1-2-7-15(6-1)9-5-14-4-3-8-16-10-12-17-13-11-16/h14H,1-13H2. The average molecular weight is 241 g/mol. The van der Waals surface area contributed by atoms with E-state index in [1.165, 1.54) is 45.4 Å². The fourth-order valence-electron chi connectivity index (χ4n) is 2.62. The SMILES string of the molecule is C1CCN(CCNCCCN2CCOCC2)C1. The van der Waals surface area contributed by atoms with Gasteiger partial charge in [-0.05, 0) is 45.4 Å². The Labute approximate surface area is 105 Å². The second-order valence-electron chi connectivity index (χ2n) is 5.11. The van der Waals surface area contributed by atoms with Gasteiger partial charge in [-0.15, -0.1) is 0 Å². The van der Waals surface area contributed by atoms with Crippen LogP contribution < -0.4 is 5.32 Å². The molecule has 2 fully saturated rings. The predicted octanol–water partition coefficient (Wildman–Crippen LogP) is 0.394. The number of rotatable bonds is 7. The highest BCUT2D eigenvalue weighted by atomic mass is 16.5. The minimum Gasteiger partial charge on any atom is -0.379 e. The van der Waals surface area contributed by atoms with Crippen LogP contribution >= 0.6 is 0 Å². The topological polar surface area (TPSA) is 27.7 Å². The van der Waals surface area contributed by atoms with Gasteiger partial charge in [-0.1, -0.05) is 0 Å². The maximum Gasteiger partial charge on any atom is 0.0594 e. The monoisotopic (exact) mass is 241 g/mol. The van der Waals surface area contributed by atoms with Crippen molar-refractivity contribution in [3.05, 3.63) is 0 Å². The Kier molecular flexibility index (Phi) is 6.27. The van der Waals surface area contributed by atoms with E-state index in [1.54, 1.807) is 0 Å². The molecule has 2 aliphatic heterocycles. The summed E-state index contributed by atoms with van der Waals surface area (Å²) >= 11 is 0. The Hall–Kier alpha value is -0.160. The van der Waals surface area contributed by atoms with Gasteiger partial charge in [0.15, 0.2) is 0 Å². The van der Waals surface area contributed by atoms with Crippen LogP contribution in [0.25, 0.3) is 0 Å². The van der Waals surface area contributed by atoms with Crippen LogP contribution in [0.1, 0.15) is 19.3 Å². The van der Waals surface area contributed by atoms with Gasteiger partial charge in [-0.25, -0.2) is 0 Å². The molecule has 0 aromatic rings. The normalized spacial score (nSPS) is 23.3. The molecule has 100 valence electrons. The number of hydrogen-bond donors (Lipinski definition) is 1. The smallest absolute Gasteiger partial charge is 0.0594 e. The first-order valence-corrected chi connectivity index (χ1v) is 7.18. The number of morpholine rings is 1. The lowest BCUT2D eigenvalue weighted by atomic mass is 10.3. The molecule has 2 aliphatic rings. The summed E-state index contributed by atoms with van der Waals surface area (Å²) in [6.45, 7) is 11.5. The maximum absolute atomic E-state index is 5.34. The summed E-state index contributed by atoms with van der Waals surface area (Å²) in [5, 5.41) is 3.55. The van der Waals surface area contributed by atoms with E-state index in [2.05, 4.69) is 15.1 Å². The van der Waals surface area contributed by atoms with Crippen molar-refractivity contribution in [2.24, 2.45) is 0 Å². The van der Waals surface area contributed by atoms with Gasteiger partial charge in [0.25, 0.3) is 0 Å². The van der Waals surface area contributed by atoms with Gasteiger partial charge < -0.3 is 15.0 Å². The van der Waals surface area contributed by atoms with Crippen LogP contribution in [0.5, 0.6) is 0 Å². The zero-order valence-electron chi connectivity index (χ0n) is 11.0. The molecule has 0 saturated carbocycles. The third kappa shape index (κ3) is 5.34. The highest BCUT2D eigenvalue weighted by Crippen LogP contribution is 2.05. The third-order valence-corrected chi connectivity index (χ3v) is 3.74. The van der Waals surface area contributed by atoms with E-state index in [-0.39, 0.29) is 0 Å². The van der Waals surface area contributed by atoms with Crippen LogP contribution in [-0.4, -0.2) is 75.4 Å². The Balaban J connectivity index is 1.38. The molecule has 0 unspecified atom stereocenters. The minimum atomic E-state index is 0.919. The van der Waals surface area contributed by atoms with Crippen molar-refractivity contribution in [2.75, 3.05) is 65.6 Å². The first-order valence-electron chi connectivity index (χ1n) is 7.18. The van der Waals surface area contributed by atoms with Crippen molar-refractivity contribution in [1.29, 1.82) is 0 Å². The summed E-state index contributed by atoms with van der Waals surface area (Å²) in [5.41, 5.74) is 0. The first-order chi connectivity index (χ1) is 8.45. The molecule has 0 aromatic carbocycles. The van der Waals surface area contributed by atoms with Gasteiger partial charge in [0.05, 0.1) is 13.2 Å². The molecule has 0 aromatic heterocycles. The number of nitrogens with zero attached hydrogens (tertiary/aromatic N) is 2. The van der Waals surface area contributed by atoms with Crippen molar-refractivity contribution in [3.63, 3.8) is 0 Å². The second kappa shape index (κ2) is 8.03. The van der Waals surface area contributed by atoms with E-state index in [1.807, 2.05) is 0 Å². The van der Waals surface area contributed by atoms with Crippen molar-refractivity contribution in [3.8, 4) is 0 Å². The molecule has 0 aliphatic carbocycles. The molecule has 2 heterocycles. The molecule has 0 radical (unpaired) electrons. The molecular formula is C13H27N3O. The summed E-state index contributed by atoms with van der Waals surface area (Å²) in [7, 11) is 0. The number of ether oxygens (including phenoxy) is 1. The summed E-state index contributed by atoms with van der Waals surface area (Å²) in [6, 6.07) is 0. The van der Waals surface area contributed by atoms with Gasteiger partial charge in [-0.2, -0.15) is 0 Å². The largest absolute Gasteiger partial charge is 0.379 e. The molecule has 4 heteroatoms. The van der Waals surface area contributed by atoms with Crippen molar-refractivity contribution in [1.82, 2.24) is 15.1 Å². The van der Waals surface area contributed by atoms with Crippen LogP contribution in [-0.2, 0) is 4.74 Å². The van der Waals surface area contributed by atoms with Crippen LogP contribution in [0.2, 0.25) is 0 Å². The Morgan fingerprint density at radius 3 is 2.29 bits per heavy atom. The first kappa shape index (κ1) is 13.3. The number of likely N-dealkylation sites (tertiary alicyclic amines) is 1. The average Bonchev–Trinajstić information content (AvgIpc) is 2.88. The highest BCUT2D eigenvalue weighted by Gasteiger charge is 2.10. The van der Waals surface area contributed by atoms with Gasteiger partial charge in [0.1, 0.15) is 0 Å². The van der Waals surface area contributed by atoms with E-state index < -0.39 is 0 Å². The summed E-state index contributed by atoms with van der Waals surface area (Å²) < 4.78 is 5.34. The Bertz CT molecular complexity index is 189. The molecule has 17 heavy (non-hydrogen) atoms. The van der Waals surface area contributed by atoms with E-state index in [0.717, 1.165) is 39.4 Å². The Morgan fingerprint density at radius 1 is 0.824 bits per heavy atom. The zero-order chi connectivity index (χ0) is 11.8. The molecule has 0 atom stereocenters. The number of nitrogens with one attached hydrogen (secondary N) is 1.